The normalized spacial score (nSPS) is 10.1. The molecular formula is C15H18O6. The third-order valence-corrected chi connectivity index (χ3v) is 2.52. The van der Waals surface area contributed by atoms with Crippen LogP contribution in [0.1, 0.15) is 31.1 Å². The zero-order chi connectivity index (χ0) is 15.8. The second-order valence-corrected chi connectivity index (χ2v) is 4.08. The molecule has 0 aliphatic carbocycles. The van der Waals surface area contributed by atoms with Gasteiger partial charge in [0.05, 0.1) is 13.2 Å². The van der Waals surface area contributed by atoms with Crippen LogP contribution in [0.15, 0.2) is 24.3 Å². The average molecular weight is 294 g/mol. The Labute approximate surface area is 123 Å². The SMILES string of the molecule is CCOC(=O)C(Oc1ccc(C(C)=O)cc1)C(=O)OCC. The van der Waals surface area contributed by atoms with Crippen LogP contribution in [0.2, 0.25) is 0 Å². The van der Waals surface area contributed by atoms with Crippen molar-refractivity contribution in [2.75, 3.05) is 13.2 Å². The Balaban J connectivity index is 2.86. The van der Waals surface area contributed by atoms with Crippen molar-refractivity contribution in [3.05, 3.63) is 29.8 Å². The van der Waals surface area contributed by atoms with E-state index in [1.807, 2.05) is 0 Å². The molecule has 0 aliphatic rings. The van der Waals surface area contributed by atoms with Crippen molar-refractivity contribution >= 4 is 17.7 Å². The lowest BCUT2D eigenvalue weighted by molar-refractivity contribution is -0.166. The standard InChI is InChI=1S/C15H18O6/c1-4-19-14(17)13(15(18)20-5-2)21-12-8-6-11(7-9-12)10(3)16/h6-9,13H,4-5H2,1-3H3. The lowest BCUT2D eigenvalue weighted by atomic mass is 10.1. The highest BCUT2D eigenvalue weighted by Crippen LogP contribution is 2.15. The zero-order valence-electron chi connectivity index (χ0n) is 12.3. The molecule has 0 aromatic heterocycles. The van der Waals surface area contributed by atoms with Gasteiger partial charge >= 0.3 is 11.9 Å². The molecule has 0 heterocycles. The Morgan fingerprint density at radius 3 is 1.81 bits per heavy atom. The highest BCUT2D eigenvalue weighted by molar-refractivity contribution is 5.98. The predicted octanol–water partition coefficient (Wildman–Crippen LogP) is 1.76. The van der Waals surface area contributed by atoms with Crippen LogP contribution in [0, 0.1) is 0 Å². The van der Waals surface area contributed by atoms with Crippen molar-refractivity contribution in [2.24, 2.45) is 0 Å². The first-order valence-corrected chi connectivity index (χ1v) is 6.60. The maximum atomic E-state index is 11.7. The summed E-state index contributed by atoms with van der Waals surface area (Å²) in [5, 5.41) is 0. The Hall–Kier alpha value is -2.37. The number of esters is 2. The van der Waals surface area contributed by atoms with Gasteiger partial charge in [0.15, 0.2) is 5.78 Å². The maximum absolute atomic E-state index is 11.7. The molecule has 21 heavy (non-hydrogen) atoms. The summed E-state index contributed by atoms with van der Waals surface area (Å²) in [7, 11) is 0. The fourth-order valence-electron chi connectivity index (χ4n) is 1.53. The van der Waals surface area contributed by atoms with Gasteiger partial charge < -0.3 is 14.2 Å². The topological polar surface area (TPSA) is 78.9 Å². The van der Waals surface area contributed by atoms with Crippen LogP contribution in [0.4, 0.5) is 0 Å². The van der Waals surface area contributed by atoms with Gasteiger partial charge in [0.1, 0.15) is 5.75 Å². The Morgan fingerprint density at radius 2 is 1.43 bits per heavy atom. The fraction of sp³-hybridized carbons (Fsp3) is 0.400. The minimum atomic E-state index is -1.48. The Kier molecular flexibility index (Phi) is 6.39. The number of benzene rings is 1. The lowest BCUT2D eigenvalue weighted by Gasteiger charge is -2.16. The molecule has 0 saturated carbocycles. The Morgan fingerprint density at radius 1 is 0.952 bits per heavy atom. The molecule has 0 radical (unpaired) electrons. The first kappa shape index (κ1) is 16.7. The molecule has 0 saturated heterocycles. The van der Waals surface area contributed by atoms with Crippen LogP contribution in [-0.4, -0.2) is 37.0 Å². The molecule has 114 valence electrons. The molecule has 0 atom stereocenters. The highest BCUT2D eigenvalue weighted by atomic mass is 16.6. The van der Waals surface area contributed by atoms with Crippen LogP contribution in [-0.2, 0) is 19.1 Å². The van der Waals surface area contributed by atoms with Crippen LogP contribution in [0.5, 0.6) is 5.75 Å². The van der Waals surface area contributed by atoms with Crippen molar-refractivity contribution in [1.82, 2.24) is 0 Å². The largest absolute Gasteiger partial charge is 0.467 e. The first-order chi connectivity index (χ1) is 9.99. The molecule has 1 rings (SSSR count). The summed E-state index contributed by atoms with van der Waals surface area (Å²) < 4.78 is 14.9. The smallest absolute Gasteiger partial charge is 0.359 e. The molecular weight excluding hydrogens is 276 g/mol. The van der Waals surface area contributed by atoms with Gasteiger partial charge in [-0.1, -0.05) is 0 Å². The van der Waals surface area contributed by atoms with Gasteiger partial charge in [-0.2, -0.15) is 0 Å². The zero-order valence-corrected chi connectivity index (χ0v) is 12.3. The lowest BCUT2D eigenvalue weighted by Crippen LogP contribution is -2.38. The van der Waals surface area contributed by atoms with Crippen molar-refractivity contribution in [3.8, 4) is 5.75 Å². The minimum absolute atomic E-state index is 0.0890. The van der Waals surface area contributed by atoms with E-state index in [2.05, 4.69) is 0 Å². The number of carbonyl (C=O) groups excluding carboxylic acids is 3. The van der Waals surface area contributed by atoms with E-state index in [0.29, 0.717) is 5.56 Å². The van der Waals surface area contributed by atoms with E-state index in [1.54, 1.807) is 26.0 Å². The number of ketones is 1. The van der Waals surface area contributed by atoms with Crippen molar-refractivity contribution in [3.63, 3.8) is 0 Å². The van der Waals surface area contributed by atoms with Gasteiger partial charge in [0.25, 0.3) is 6.10 Å². The van der Waals surface area contributed by atoms with Gasteiger partial charge in [-0.3, -0.25) is 4.79 Å². The summed E-state index contributed by atoms with van der Waals surface area (Å²) in [5.41, 5.74) is 0.506. The maximum Gasteiger partial charge on any atom is 0.359 e. The van der Waals surface area contributed by atoms with Gasteiger partial charge in [-0.05, 0) is 45.0 Å². The van der Waals surface area contributed by atoms with E-state index in [-0.39, 0.29) is 24.7 Å². The van der Waals surface area contributed by atoms with Crippen molar-refractivity contribution in [1.29, 1.82) is 0 Å². The summed E-state index contributed by atoms with van der Waals surface area (Å²) in [5.74, 6) is -1.45. The molecule has 0 fully saturated rings. The Bertz CT molecular complexity index is 487. The van der Waals surface area contributed by atoms with Crippen molar-refractivity contribution < 1.29 is 28.6 Å². The number of ether oxygens (including phenoxy) is 3. The van der Waals surface area contributed by atoms with Crippen LogP contribution in [0.3, 0.4) is 0 Å². The van der Waals surface area contributed by atoms with E-state index in [9.17, 15) is 14.4 Å². The molecule has 1 aromatic carbocycles. The quantitative estimate of drug-likeness (QED) is 0.433. The van der Waals surface area contributed by atoms with E-state index in [1.165, 1.54) is 19.1 Å². The average Bonchev–Trinajstić information content (AvgIpc) is 2.45. The highest BCUT2D eigenvalue weighted by Gasteiger charge is 2.31. The molecule has 1 aromatic rings. The summed E-state index contributed by atoms with van der Waals surface area (Å²) in [6.45, 7) is 4.95. The third kappa shape index (κ3) is 4.91. The van der Waals surface area contributed by atoms with E-state index in [0.717, 1.165) is 0 Å². The number of hydrogen-bond acceptors (Lipinski definition) is 6. The van der Waals surface area contributed by atoms with Crippen LogP contribution >= 0.6 is 0 Å². The summed E-state index contributed by atoms with van der Waals surface area (Å²) in [4.78, 5) is 34.7. The third-order valence-electron chi connectivity index (χ3n) is 2.52. The van der Waals surface area contributed by atoms with Gasteiger partial charge in [-0.15, -0.1) is 0 Å². The van der Waals surface area contributed by atoms with E-state index >= 15 is 0 Å². The molecule has 0 spiro atoms. The van der Waals surface area contributed by atoms with Gasteiger partial charge in [0.2, 0.25) is 0 Å². The number of Topliss-reactive ketones (excluding diaryl/α,β-unsaturated/α-hetero) is 1. The number of carbonyl (C=O) groups is 3. The monoisotopic (exact) mass is 294 g/mol. The fourth-order valence-corrected chi connectivity index (χ4v) is 1.53. The molecule has 0 unspecified atom stereocenters. The molecule has 0 N–H and O–H groups in total. The van der Waals surface area contributed by atoms with Gasteiger partial charge in [0, 0.05) is 5.56 Å². The molecule has 0 amide bonds. The second kappa shape index (κ2) is 8.04. The summed E-state index contributed by atoms with van der Waals surface area (Å²) in [6, 6.07) is 6.10. The van der Waals surface area contributed by atoms with Gasteiger partial charge in [-0.25, -0.2) is 9.59 Å². The van der Waals surface area contributed by atoms with E-state index in [4.69, 9.17) is 14.2 Å². The molecule has 6 heteroatoms. The molecule has 6 nitrogen and oxygen atoms in total. The number of hydrogen-bond donors (Lipinski definition) is 0. The summed E-state index contributed by atoms with van der Waals surface area (Å²) in [6.07, 6.45) is -1.48. The summed E-state index contributed by atoms with van der Waals surface area (Å²) >= 11 is 0. The predicted molar refractivity (Wildman–Crippen MR) is 74.1 cm³/mol. The van der Waals surface area contributed by atoms with Crippen molar-refractivity contribution in [2.45, 2.75) is 26.9 Å². The molecule has 0 aliphatic heterocycles. The van der Waals surface area contributed by atoms with Crippen LogP contribution < -0.4 is 4.74 Å². The second-order valence-electron chi connectivity index (χ2n) is 4.08. The number of rotatable bonds is 7. The molecule has 0 bridgehead atoms. The minimum Gasteiger partial charge on any atom is -0.467 e. The van der Waals surface area contributed by atoms with E-state index < -0.39 is 18.0 Å². The first-order valence-electron chi connectivity index (χ1n) is 6.60. The van der Waals surface area contributed by atoms with Crippen LogP contribution in [0.25, 0.3) is 0 Å².